The molecule has 12 nitrogen and oxygen atoms in total. The SMILES string of the molecule is C=CCC1/C=C(\C)CC(C)CC(OC)C2CC(O)(C(=O)C(=O)N3CCCCC3C(=O)OC(/C(C)=C/C3CCC(O)C(OC)C3)C(C)C(O)CC1=O)C(C)CC2OC. The van der Waals surface area contributed by atoms with Gasteiger partial charge < -0.3 is 39.2 Å². The molecule has 2 aliphatic heterocycles. The van der Waals surface area contributed by atoms with Gasteiger partial charge in [0.1, 0.15) is 23.5 Å². The van der Waals surface area contributed by atoms with E-state index in [-0.39, 0.29) is 55.6 Å². The standard InChI is InChI=1S/C45H71NO11/c1-10-13-32-19-26(2)18-27(3)20-38(54-7)33-25-45(53,29(5)22-39(33)55-8)42(50)43(51)46-17-12-11-14-34(46)44(52)57-41(30(6)36(48)24-37(32)49)28(4)21-31-15-16-35(47)40(23-31)56-9/h10,19,21,27,29-36,38-41,47-48,53H,1,11-18,20,22-25H2,2-9H3/b26-19+,28-21+. The first kappa shape index (κ1) is 46.9. The van der Waals surface area contributed by atoms with Crippen LogP contribution < -0.4 is 0 Å². The number of Topliss-reactive ketones (excluding diaryl/α,β-unsaturated/α-hetero) is 2. The number of ketones is 2. The Kier molecular flexibility index (Phi) is 17.3. The molecule has 1 amide bonds. The molecule has 322 valence electrons. The van der Waals surface area contributed by atoms with Gasteiger partial charge >= 0.3 is 5.97 Å². The Morgan fingerprint density at radius 1 is 0.930 bits per heavy atom. The van der Waals surface area contributed by atoms with E-state index in [1.165, 1.54) is 4.90 Å². The van der Waals surface area contributed by atoms with Crippen molar-refractivity contribution >= 4 is 23.4 Å². The second kappa shape index (κ2) is 21.0. The summed E-state index contributed by atoms with van der Waals surface area (Å²) in [6.45, 7) is 13.4. The highest BCUT2D eigenvalue weighted by Crippen LogP contribution is 2.43. The number of esters is 1. The number of fused-ring (bicyclic) bond motifs is 3. The summed E-state index contributed by atoms with van der Waals surface area (Å²) in [6, 6.07) is -1.09. The van der Waals surface area contributed by atoms with Crippen molar-refractivity contribution < 1.29 is 53.4 Å². The van der Waals surface area contributed by atoms with Crippen LogP contribution in [0.4, 0.5) is 0 Å². The fraction of sp³-hybridized carbons (Fsp3) is 0.778. The molecule has 2 saturated carbocycles. The minimum Gasteiger partial charge on any atom is -0.456 e. The van der Waals surface area contributed by atoms with Crippen LogP contribution >= 0.6 is 0 Å². The number of ether oxygens (including phenoxy) is 4. The van der Waals surface area contributed by atoms with Crippen molar-refractivity contribution in [2.45, 2.75) is 160 Å². The summed E-state index contributed by atoms with van der Waals surface area (Å²) < 4.78 is 23.8. The van der Waals surface area contributed by atoms with E-state index in [0.29, 0.717) is 63.4 Å². The lowest BCUT2D eigenvalue weighted by atomic mass is 9.65. The van der Waals surface area contributed by atoms with Gasteiger partial charge in [-0.3, -0.25) is 14.4 Å². The molecule has 3 N–H and O–H groups in total. The molecule has 3 fully saturated rings. The van der Waals surface area contributed by atoms with E-state index < -0.39 is 77.4 Å². The maximum atomic E-state index is 14.3. The van der Waals surface area contributed by atoms with Gasteiger partial charge in [-0.25, -0.2) is 4.79 Å². The van der Waals surface area contributed by atoms with Crippen molar-refractivity contribution in [1.82, 2.24) is 4.90 Å². The van der Waals surface area contributed by atoms with Crippen LogP contribution in [0.5, 0.6) is 0 Å². The zero-order valence-corrected chi connectivity index (χ0v) is 35.7. The predicted molar refractivity (Wildman–Crippen MR) is 216 cm³/mol. The molecule has 2 heterocycles. The van der Waals surface area contributed by atoms with Gasteiger partial charge in [0.05, 0.1) is 30.5 Å². The largest absolute Gasteiger partial charge is 0.456 e. The van der Waals surface area contributed by atoms with E-state index in [1.54, 1.807) is 41.3 Å². The van der Waals surface area contributed by atoms with Gasteiger partial charge in [-0.2, -0.15) is 0 Å². The van der Waals surface area contributed by atoms with Crippen LogP contribution in [0.1, 0.15) is 112 Å². The lowest BCUT2D eigenvalue weighted by molar-refractivity contribution is -0.178. The third-order valence-corrected chi connectivity index (χ3v) is 13.5. The summed E-state index contributed by atoms with van der Waals surface area (Å²) in [6.07, 6.45) is 6.85. The molecule has 0 radical (unpaired) electrons. The molecule has 4 rings (SSSR count). The number of carbonyl (C=O) groups excluding carboxylic acids is 4. The predicted octanol–water partition coefficient (Wildman–Crippen LogP) is 5.30. The smallest absolute Gasteiger partial charge is 0.329 e. The molecule has 4 aliphatic rings. The first-order valence-corrected chi connectivity index (χ1v) is 21.2. The van der Waals surface area contributed by atoms with E-state index in [2.05, 4.69) is 13.5 Å². The minimum absolute atomic E-state index is 0.00323. The molecule has 12 heteroatoms. The van der Waals surface area contributed by atoms with E-state index >= 15 is 0 Å². The summed E-state index contributed by atoms with van der Waals surface area (Å²) in [5.41, 5.74) is -0.340. The number of allylic oxidation sites excluding steroid dienone is 4. The number of rotatable bonds is 7. The Labute approximate surface area is 340 Å². The van der Waals surface area contributed by atoms with Crippen molar-refractivity contribution in [2.75, 3.05) is 27.9 Å². The number of hydrogen-bond donors (Lipinski definition) is 3. The first-order chi connectivity index (χ1) is 27.0. The van der Waals surface area contributed by atoms with Gasteiger partial charge in [-0.05, 0) is 108 Å². The molecule has 0 aromatic heterocycles. The zero-order chi connectivity index (χ0) is 42.2. The molecular weight excluding hydrogens is 730 g/mol. The number of methoxy groups -OCH3 is 3. The number of amides is 1. The zero-order valence-electron chi connectivity index (χ0n) is 35.7. The van der Waals surface area contributed by atoms with E-state index in [4.69, 9.17) is 18.9 Å². The molecule has 0 spiro atoms. The summed E-state index contributed by atoms with van der Waals surface area (Å²) in [5.74, 6) is -4.88. The van der Waals surface area contributed by atoms with E-state index in [0.717, 1.165) is 5.57 Å². The molecule has 0 aromatic carbocycles. The number of hydrogen-bond acceptors (Lipinski definition) is 11. The number of aliphatic hydroxyl groups is 3. The van der Waals surface area contributed by atoms with Crippen LogP contribution in [0.25, 0.3) is 0 Å². The Morgan fingerprint density at radius 3 is 2.25 bits per heavy atom. The normalized spacial score (nSPS) is 41.0. The van der Waals surface area contributed by atoms with Gasteiger partial charge in [0, 0.05) is 52.0 Å². The van der Waals surface area contributed by atoms with Gasteiger partial charge in [-0.15, -0.1) is 6.58 Å². The average molecular weight is 802 g/mol. The maximum absolute atomic E-state index is 14.3. The summed E-state index contributed by atoms with van der Waals surface area (Å²) in [7, 11) is 4.78. The Morgan fingerprint density at radius 2 is 1.60 bits per heavy atom. The molecule has 57 heavy (non-hydrogen) atoms. The third-order valence-electron chi connectivity index (χ3n) is 13.5. The lowest BCUT2D eigenvalue weighted by Gasteiger charge is -2.47. The monoisotopic (exact) mass is 802 g/mol. The maximum Gasteiger partial charge on any atom is 0.329 e. The van der Waals surface area contributed by atoms with Crippen LogP contribution in [-0.4, -0.2) is 120 Å². The van der Waals surface area contributed by atoms with Crippen LogP contribution in [0.3, 0.4) is 0 Å². The number of carbonyl (C=O) groups is 4. The topological polar surface area (TPSA) is 169 Å². The van der Waals surface area contributed by atoms with Crippen LogP contribution in [0.2, 0.25) is 0 Å². The third kappa shape index (κ3) is 11.3. The van der Waals surface area contributed by atoms with Gasteiger partial charge in [0.2, 0.25) is 0 Å². The summed E-state index contributed by atoms with van der Waals surface area (Å²) >= 11 is 0. The van der Waals surface area contributed by atoms with Crippen molar-refractivity contribution in [3.05, 3.63) is 36.0 Å². The quantitative estimate of drug-likeness (QED) is 0.174. The molecule has 0 aromatic rings. The minimum atomic E-state index is -2.01. The second-order valence-electron chi connectivity index (χ2n) is 17.8. The van der Waals surface area contributed by atoms with E-state index in [9.17, 15) is 34.5 Å². The van der Waals surface area contributed by atoms with Crippen LogP contribution in [-0.2, 0) is 38.1 Å². The molecule has 2 bridgehead atoms. The van der Waals surface area contributed by atoms with Crippen LogP contribution in [0.15, 0.2) is 36.0 Å². The highest BCUT2D eigenvalue weighted by Gasteiger charge is 2.55. The average Bonchev–Trinajstić information content (AvgIpc) is 3.18. The highest BCUT2D eigenvalue weighted by atomic mass is 16.5. The number of piperidine rings is 1. The summed E-state index contributed by atoms with van der Waals surface area (Å²) in [4.78, 5) is 58.1. The van der Waals surface area contributed by atoms with Crippen LogP contribution in [0, 0.1) is 35.5 Å². The molecule has 14 unspecified atom stereocenters. The molecular formula is C45H71NO11. The van der Waals surface area contributed by atoms with Gasteiger partial charge in [0.25, 0.3) is 11.7 Å². The fourth-order valence-electron chi connectivity index (χ4n) is 10.0. The van der Waals surface area contributed by atoms with Crippen molar-refractivity contribution in [3.8, 4) is 0 Å². The Balaban J connectivity index is 1.78. The Hall–Kier alpha value is -2.74. The first-order valence-electron chi connectivity index (χ1n) is 21.2. The van der Waals surface area contributed by atoms with Crippen molar-refractivity contribution in [2.24, 2.45) is 35.5 Å². The number of nitrogens with zero attached hydrogens (tertiary/aromatic N) is 1. The lowest BCUT2D eigenvalue weighted by Crippen LogP contribution is -2.61. The number of aliphatic hydroxyl groups excluding tert-OH is 2. The van der Waals surface area contributed by atoms with Gasteiger partial charge in [-0.1, -0.05) is 44.6 Å². The highest BCUT2D eigenvalue weighted by molar-refractivity contribution is 6.39. The molecule has 1 saturated heterocycles. The Bertz CT molecular complexity index is 1480. The molecule has 2 aliphatic carbocycles. The van der Waals surface area contributed by atoms with E-state index in [1.807, 2.05) is 26.0 Å². The van der Waals surface area contributed by atoms with Crippen molar-refractivity contribution in [1.29, 1.82) is 0 Å². The summed E-state index contributed by atoms with van der Waals surface area (Å²) in [5, 5.41) is 34.4. The molecule has 14 atom stereocenters. The van der Waals surface area contributed by atoms with Crippen molar-refractivity contribution in [3.63, 3.8) is 0 Å². The number of cyclic esters (lactones) is 1. The fourth-order valence-corrected chi connectivity index (χ4v) is 10.0. The van der Waals surface area contributed by atoms with Gasteiger partial charge in [0.15, 0.2) is 0 Å². The second-order valence-corrected chi connectivity index (χ2v) is 17.8.